The summed E-state index contributed by atoms with van der Waals surface area (Å²) < 4.78 is 3.25. The van der Waals surface area contributed by atoms with Crippen LogP contribution in [-0.2, 0) is 0 Å². The first-order valence-corrected chi connectivity index (χ1v) is 8.16. The van der Waals surface area contributed by atoms with Gasteiger partial charge in [-0.15, -0.1) is 0 Å². The zero-order chi connectivity index (χ0) is 6.95. The molecule has 3 heteroatoms. The van der Waals surface area contributed by atoms with Gasteiger partial charge >= 0.3 is 69.5 Å². The summed E-state index contributed by atoms with van der Waals surface area (Å²) in [5, 5.41) is 0. The summed E-state index contributed by atoms with van der Waals surface area (Å²) in [6.07, 6.45) is 5.84. The summed E-state index contributed by atoms with van der Waals surface area (Å²) in [5.74, 6) is 0. The monoisotopic (exact) mass is 392 g/mol. The molecule has 0 saturated heterocycles. The van der Waals surface area contributed by atoms with E-state index in [-0.39, 0.29) is 55.1 Å². The van der Waals surface area contributed by atoms with Crippen molar-refractivity contribution in [3.8, 4) is 0 Å². The van der Waals surface area contributed by atoms with Crippen molar-refractivity contribution in [2.75, 3.05) is 0 Å². The second kappa shape index (κ2) is 17.7. The molecule has 0 aromatic carbocycles. The largest absolute Gasteiger partial charge is 1.00 e. The van der Waals surface area contributed by atoms with Crippen LogP contribution in [0.1, 0.15) is 39.5 Å². The van der Waals surface area contributed by atoms with Crippen molar-refractivity contribution in [2.45, 2.75) is 48.4 Å². The van der Waals surface area contributed by atoms with Crippen LogP contribution in [0.4, 0.5) is 0 Å². The van der Waals surface area contributed by atoms with Crippen LogP contribution in [0, 0.1) is 0 Å². The fraction of sp³-hybridized carbons (Fsp3) is 1.00. The molecule has 0 aliphatic heterocycles. The Bertz CT molecular complexity index is 45.4. The minimum absolute atomic E-state index is 0. The third kappa shape index (κ3) is 18.6. The normalized spacial score (nSPS) is 8.18. The summed E-state index contributed by atoms with van der Waals surface area (Å²) in [6, 6.07) is 0. The van der Waals surface area contributed by atoms with E-state index in [1.165, 1.54) is 25.7 Å². The number of rotatable bonds is 6. The number of unbranched alkanes of at least 4 members (excludes halogenated alkanes) is 2. The van der Waals surface area contributed by atoms with Crippen molar-refractivity contribution in [3.05, 3.63) is 0 Å². The molecule has 0 aromatic rings. The van der Waals surface area contributed by atoms with Crippen LogP contribution in [-0.4, -0.2) is 21.1 Å². The van der Waals surface area contributed by atoms with Gasteiger partial charge in [0.25, 0.3) is 0 Å². The van der Waals surface area contributed by atoms with Gasteiger partial charge in [-0.05, 0) is 0 Å². The Hall–Kier alpha value is 1.76. The zero-order valence-corrected chi connectivity index (χ0v) is 13.5. The van der Waals surface area contributed by atoms with Gasteiger partial charge in [-0.25, -0.2) is 0 Å². The van der Waals surface area contributed by atoms with Crippen molar-refractivity contribution in [3.63, 3.8) is 0 Å². The molecule has 0 heterocycles. The number of halogens is 2. The summed E-state index contributed by atoms with van der Waals surface area (Å²) in [6.45, 7) is 4.58. The molecule has 0 unspecified atom stereocenters. The van der Waals surface area contributed by atoms with Gasteiger partial charge in [0.15, 0.2) is 0 Å². The molecule has 0 amide bonds. The maximum Gasteiger partial charge on any atom is -1.00 e. The van der Waals surface area contributed by atoms with E-state index in [0.29, 0.717) is 0 Å². The van der Waals surface area contributed by atoms with E-state index in [1.54, 1.807) is 8.87 Å². The molecule has 11 heavy (non-hydrogen) atoms. The molecular formula is C8H18Br2Sn-2. The molecule has 70 valence electrons. The van der Waals surface area contributed by atoms with Gasteiger partial charge in [0.05, 0.1) is 0 Å². The van der Waals surface area contributed by atoms with E-state index in [0.717, 1.165) is 0 Å². The maximum atomic E-state index is 2.29. The van der Waals surface area contributed by atoms with E-state index < -0.39 is 0 Å². The molecule has 0 saturated carbocycles. The van der Waals surface area contributed by atoms with Crippen LogP contribution >= 0.6 is 0 Å². The van der Waals surface area contributed by atoms with Crippen LogP contribution in [0.25, 0.3) is 0 Å². The first kappa shape index (κ1) is 18.5. The van der Waals surface area contributed by atoms with Crippen molar-refractivity contribution in [1.82, 2.24) is 0 Å². The topological polar surface area (TPSA) is 0 Å². The smallest absolute Gasteiger partial charge is 1.00 e. The van der Waals surface area contributed by atoms with E-state index >= 15 is 0 Å². The predicted molar refractivity (Wildman–Crippen MR) is 45.2 cm³/mol. The Labute approximate surface area is 103 Å². The van der Waals surface area contributed by atoms with Crippen LogP contribution in [0.5, 0.6) is 0 Å². The van der Waals surface area contributed by atoms with E-state index in [2.05, 4.69) is 13.8 Å². The van der Waals surface area contributed by atoms with Crippen LogP contribution in [0.15, 0.2) is 0 Å². The van der Waals surface area contributed by atoms with Crippen LogP contribution in [0.2, 0.25) is 8.87 Å². The van der Waals surface area contributed by atoms with E-state index in [9.17, 15) is 0 Å². The van der Waals surface area contributed by atoms with Gasteiger partial charge in [-0.2, -0.15) is 0 Å². The molecule has 0 fully saturated rings. The number of hydrogen-bond acceptors (Lipinski definition) is 0. The molecule has 0 aromatic heterocycles. The SMILES string of the molecule is CCC[CH2][Sn][CH2]CCC.[Br-].[Br-]. The Morgan fingerprint density at radius 2 is 1.18 bits per heavy atom. The molecule has 0 N–H and O–H groups in total. The quantitative estimate of drug-likeness (QED) is 0.337. The number of hydrogen-bond donors (Lipinski definition) is 0. The average molecular weight is 393 g/mol. The Morgan fingerprint density at radius 3 is 1.45 bits per heavy atom. The zero-order valence-electron chi connectivity index (χ0n) is 7.50. The Balaban J connectivity index is -0.000000320. The first-order valence-electron chi connectivity index (χ1n) is 4.12. The molecule has 0 aliphatic rings. The molecule has 0 rings (SSSR count). The summed E-state index contributed by atoms with van der Waals surface area (Å²) in [7, 11) is 0. The van der Waals surface area contributed by atoms with Gasteiger partial charge < -0.3 is 34.0 Å². The van der Waals surface area contributed by atoms with Gasteiger partial charge in [-0.1, -0.05) is 0 Å². The van der Waals surface area contributed by atoms with Crippen LogP contribution < -0.4 is 34.0 Å². The molecule has 0 spiro atoms. The van der Waals surface area contributed by atoms with Crippen molar-refractivity contribution in [1.29, 1.82) is 0 Å². The second-order valence-electron chi connectivity index (χ2n) is 2.46. The van der Waals surface area contributed by atoms with Crippen LogP contribution in [0.3, 0.4) is 0 Å². The summed E-state index contributed by atoms with van der Waals surface area (Å²) in [4.78, 5) is 0. The minimum atomic E-state index is 0. The van der Waals surface area contributed by atoms with E-state index in [1.807, 2.05) is 0 Å². The maximum absolute atomic E-state index is 2.29. The van der Waals surface area contributed by atoms with Crippen molar-refractivity contribution >= 4 is 21.1 Å². The average Bonchev–Trinajstić information content (AvgIpc) is 1.89. The molecule has 0 atom stereocenters. The van der Waals surface area contributed by atoms with Gasteiger partial charge in [0.1, 0.15) is 0 Å². The third-order valence-electron chi connectivity index (χ3n) is 1.41. The third-order valence-corrected chi connectivity index (χ3v) is 5.45. The molecule has 2 radical (unpaired) electrons. The Kier molecular flexibility index (Phi) is 29.9. The van der Waals surface area contributed by atoms with Gasteiger partial charge in [-0.3, -0.25) is 0 Å². The van der Waals surface area contributed by atoms with Crippen molar-refractivity contribution in [2.24, 2.45) is 0 Å². The van der Waals surface area contributed by atoms with Gasteiger partial charge in [0, 0.05) is 0 Å². The van der Waals surface area contributed by atoms with Crippen molar-refractivity contribution < 1.29 is 34.0 Å². The first-order chi connectivity index (χ1) is 4.41. The molecule has 0 bridgehead atoms. The summed E-state index contributed by atoms with van der Waals surface area (Å²) in [5.41, 5.74) is 0. The minimum Gasteiger partial charge on any atom is -1.00 e. The molecule has 0 nitrogen and oxygen atoms in total. The Morgan fingerprint density at radius 1 is 0.818 bits per heavy atom. The predicted octanol–water partition coefficient (Wildman–Crippen LogP) is -2.86. The summed E-state index contributed by atoms with van der Waals surface area (Å²) >= 11 is 0.149. The second-order valence-corrected chi connectivity index (χ2v) is 6.74. The van der Waals surface area contributed by atoms with Gasteiger partial charge in [0.2, 0.25) is 0 Å². The standard InChI is InChI=1S/2C4H9.2BrH.Sn/c2*1-3-4-2;;;/h2*1,3-4H2,2H3;2*1H;/p-2. The fourth-order valence-electron chi connectivity index (χ4n) is 0.729. The molecular weight excluding hydrogens is 375 g/mol. The van der Waals surface area contributed by atoms with E-state index in [4.69, 9.17) is 0 Å². The molecule has 0 aliphatic carbocycles. The fourth-order valence-corrected chi connectivity index (χ4v) is 4.89.